The summed E-state index contributed by atoms with van der Waals surface area (Å²) in [5.74, 6) is 0.0984. The fourth-order valence-electron chi connectivity index (χ4n) is 3.10. The number of hydrogen-bond donors (Lipinski definition) is 3. The molecule has 0 fully saturated rings. The Morgan fingerprint density at radius 3 is 2.35 bits per heavy atom. The molecule has 0 aliphatic carbocycles. The molecule has 26 heavy (non-hydrogen) atoms. The molecular formula is C22H19N3O. The van der Waals surface area contributed by atoms with Crippen molar-refractivity contribution in [3.8, 4) is 5.88 Å². The smallest absolute Gasteiger partial charge is 0.199 e. The highest BCUT2D eigenvalue weighted by Crippen LogP contribution is 2.31. The average molecular weight is 341 g/mol. The van der Waals surface area contributed by atoms with Crippen LogP contribution in [0.3, 0.4) is 0 Å². The van der Waals surface area contributed by atoms with Crippen molar-refractivity contribution < 1.29 is 5.11 Å². The molecule has 1 heterocycles. The van der Waals surface area contributed by atoms with Crippen LogP contribution in [0.2, 0.25) is 0 Å². The Balaban J connectivity index is 1.89. The molecule has 0 atom stereocenters. The Morgan fingerprint density at radius 1 is 0.923 bits per heavy atom. The summed E-state index contributed by atoms with van der Waals surface area (Å²) in [7, 11) is 0. The lowest BCUT2D eigenvalue weighted by Crippen LogP contribution is -2.04. The summed E-state index contributed by atoms with van der Waals surface area (Å²) in [6.07, 6.45) is 0. The van der Waals surface area contributed by atoms with E-state index in [0.717, 1.165) is 27.7 Å². The molecule has 4 aromatic rings. The zero-order valence-corrected chi connectivity index (χ0v) is 14.2. The van der Waals surface area contributed by atoms with Crippen LogP contribution < -0.4 is 5.73 Å². The Labute approximate surface area is 151 Å². The highest BCUT2D eigenvalue weighted by atomic mass is 16.3. The number of aromatic amines is 1. The first-order chi connectivity index (χ1) is 12.7. The number of rotatable bonds is 4. The number of nitrogens with zero attached hydrogens (tertiary/aromatic N) is 1. The second kappa shape index (κ2) is 6.76. The molecule has 4 heteroatoms. The number of anilines is 1. The molecule has 0 saturated heterocycles. The van der Waals surface area contributed by atoms with Crippen LogP contribution in [-0.4, -0.2) is 15.8 Å². The maximum atomic E-state index is 10.6. The molecule has 4 N–H and O–H groups in total. The van der Waals surface area contributed by atoms with Crippen molar-refractivity contribution >= 4 is 22.3 Å². The van der Waals surface area contributed by atoms with E-state index in [0.29, 0.717) is 17.8 Å². The molecule has 0 radical (unpaired) electrons. The molecule has 0 unspecified atom stereocenters. The largest absolute Gasteiger partial charge is 0.494 e. The van der Waals surface area contributed by atoms with Gasteiger partial charge in [-0.3, -0.25) is 4.99 Å². The van der Waals surface area contributed by atoms with E-state index >= 15 is 0 Å². The van der Waals surface area contributed by atoms with E-state index < -0.39 is 0 Å². The highest BCUT2D eigenvalue weighted by molar-refractivity contribution is 6.21. The first-order valence-electron chi connectivity index (χ1n) is 8.47. The van der Waals surface area contributed by atoms with Crippen LogP contribution in [0.15, 0.2) is 83.9 Å². The van der Waals surface area contributed by atoms with Gasteiger partial charge in [-0.05, 0) is 23.8 Å². The Hall–Kier alpha value is -3.53. The van der Waals surface area contributed by atoms with Gasteiger partial charge in [0.2, 0.25) is 0 Å². The second-order valence-corrected chi connectivity index (χ2v) is 6.17. The molecule has 4 rings (SSSR count). The molecule has 4 nitrogen and oxygen atoms in total. The summed E-state index contributed by atoms with van der Waals surface area (Å²) in [5.41, 5.74) is 10.9. The van der Waals surface area contributed by atoms with E-state index in [4.69, 9.17) is 10.7 Å². The summed E-state index contributed by atoms with van der Waals surface area (Å²) >= 11 is 0. The molecule has 0 bridgehead atoms. The van der Waals surface area contributed by atoms with Crippen molar-refractivity contribution in [3.63, 3.8) is 0 Å². The number of hydrogen-bond acceptors (Lipinski definition) is 3. The molecule has 0 aliphatic heterocycles. The van der Waals surface area contributed by atoms with Gasteiger partial charge < -0.3 is 15.8 Å². The lowest BCUT2D eigenvalue weighted by molar-refractivity contribution is 0.457. The number of fused-ring (bicyclic) bond motifs is 1. The third kappa shape index (κ3) is 3.05. The minimum Gasteiger partial charge on any atom is -0.494 e. The molecule has 0 spiro atoms. The van der Waals surface area contributed by atoms with Crippen LogP contribution in [0.5, 0.6) is 5.88 Å². The molecule has 0 saturated carbocycles. The minimum atomic E-state index is 0.0984. The SMILES string of the molecule is Nc1ccc2[nH]c(O)c(C(=NCc3ccccc3)c3ccccc3)c2c1. The second-order valence-electron chi connectivity index (χ2n) is 6.17. The van der Waals surface area contributed by atoms with Crippen molar-refractivity contribution in [3.05, 3.63) is 95.6 Å². The number of nitrogens with one attached hydrogen (secondary N) is 1. The number of aromatic hydroxyl groups is 1. The van der Waals surface area contributed by atoms with Crippen LogP contribution in [0.1, 0.15) is 16.7 Å². The topological polar surface area (TPSA) is 74.4 Å². The van der Waals surface area contributed by atoms with Gasteiger partial charge in [-0.25, -0.2) is 0 Å². The summed E-state index contributed by atoms with van der Waals surface area (Å²) in [4.78, 5) is 7.87. The quantitative estimate of drug-likeness (QED) is 0.378. The van der Waals surface area contributed by atoms with E-state index in [1.54, 1.807) is 0 Å². The standard InChI is InChI=1S/C22H19N3O/c23-17-11-12-19-18(13-17)20(22(26)25-19)21(16-9-5-2-6-10-16)24-14-15-7-3-1-4-8-15/h1-13,25-26H,14,23H2. The summed E-state index contributed by atoms with van der Waals surface area (Å²) in [5, 5.41) is 11.4. The first-order valence-corrected chi connectivity index (χ1v) is 8.47. The summed E-state index contributed by atoms with van der Waals surface area (Å²) < 4.78 is 0. The van der Waals surface area contributed by atoms with Crippen molar-refractivity contribution in [1.82, 2.24) is 4.98 Å². The van der Waals surface area contributed by atoms with E-state index in [9.17, 15) is 5.11 Å². The Morgan fingerprint density at radius 2 is 1.62 bits per heavy atom. The van der Waals surface area contributed by atoms with Gasteiger partial charge >= 0.3 is 0 Å². The molecular weight excluding hydrogens is 322 g/mol. The Kier molecular flexibility index (Phi) is 4.15. The molecule has 3 aromatic carbocycles. The first kappa shape index (κ1) is 16.0. The molecule has 128 valence electrons. The predicted molar refractivity (Wildman–Crippen MR) is 107 cm³/mol. The van der Waals surface area contributed by atoms with Crippen molar-refractivity contribution in [2.24, 2.45) is 4.99 Å². The van der Waals surface area contributed by atoms with Crippen LogP contribution in [0.25, 0.3) is 10.9 Å². The number of aromatic nitrogens is 1. The lowest BCUT2D eigenvalue weighted by Gasteiger charge is -2.08. The van der Waals surface area contributed by atoms with Crippen LogP contribution in [-0.2, 0) is 6.54 Å². The van der Waals surface area contributed by atoms with Crippen LogP contribution >= 0.6 is 0 Å². The predicted octanol–water partition coefficient (Wildman–Crippen LogP) is 4.49. The summed E-state index contributed by atoms with van der Waals surface area (Å²) in [6, 6.07) is 25.5. The highest BCUT2D eigenvalue weighted by Gasteiger charge is 2.18. The fraction of sp³-hybridized carbons (Fsp3) is 0.0455. The third-order valence-electron chi connectivity index (χ3n) is 4.35. The Bertz CT molecular complexity index is 1070. The lowest BCUT2D eigenvalue weighted by atomic mass is 10.0. The molecule has 0 amide bonds. The van der Waals surface area contributed by atoms with Gasteiger partial charge in [-0.1, -0.05) is 60.7 Å². The van der Waals surface area contributed by atoms with Gasteiger partial charge in [0.25, 0.3) is 0 Å². The summed E-state index contributed by atoms with van der Waals surface area (Å²) in [6.45, 7) is 0.527. The molecule has 0 aliphatic rings. The fourth-order valence-corrected chi connectivity index (χ4v) is 3.10. The molecule has 1 aromatic heterocycles. The van der Waals surface area contributed by atoms with Gasteiger partial charge in [0.05, 0.1) is 17.8 Å². The number of benzene rings is 3. The van der Waals surface area contributed by atoms with Crippen LogP contribution in [0.4, 0.5) is 5.69 Å². The monoisotopic (exact) mass is 341 g/mol. The van der Waals surface area contributed by atoms with Gasteiger partial charge in [-0.15, -0.1) is 0 Å². The van der Waals surface area contributed by atoms with Gasteiger partial charge in [0.1, 0.15) is 0 Å². The maximum Gasteiger partial charge on any atom is 0.199 e. The van der Waals surface area contributed by atoms with E-state index in [2.05, 4.69) is 4.98 Å². The third-order valence-corrected chi connectivity index (χ3v) is 4.35. The van der Waals surface area contributed by atoms with Gasteiger partial charge in [-0.2, -0.15) is 0 Å². The normalized spacial score (nSPS) is 11.8. The van der Waals surface area contributed by atoms with Gasteiger partial charge in [0, 0.05) is 22.2 Å². The van der Waals surface area contributed by atoms with E-state index in [-0.39, 0.29) is 5.88 Å². The van der Waals surface area contributed by atoms with E-state index in [1.807, 2.05) is 78.9 Å². The number of aliphatic imine (C=N–C) groups is 1. The van der Waals surface area contributed by atoms with Crippen LogP contribution in [0, 0.1) is 0 Å². The van der Waals surface area contributed by atoms with Crippen molar-refractivity contribution in [1.29, 1.82) is 0 Å². The average Bonchev–Trinajstić information content (AvgIpc) is 2.99. The minimum absolute atomic E-state index is 0.0984. The zero-order chi connectivity index (χ0) is 17.9. The maximum absolute atomic E-state index is 10.6. The number of nitrogen functional groups attached to an aromatic ring is 1. The zero-order valence-electron chi connectivity index (χ0n) is 14.2. The number of nitrogens with two attached hydrogens (primary N) is 1. The number of H-pyrrole nitrogens is 1. The van der Waals surface area contributed by atoms with Crippen molar-refractivity contribution in [2.75, 3.05) is 5.73 Å². The van der Waals surface area contributed by atoms with Gasteiger partial charge in [0.15, 0.2) is 5.88 Å². The van der Waals surface area contributed by atoms with E-state index in [1.165, 1.54) is 0 Å². The van der Waals surface area contributed by atoms with Crippen molar-refractivity contribution in [2.45, 2.75) is 6.54 Å².